The number of nitrogens with one attached hydrogen (secondary N) is 1. The van der Waals surface area contributed by atoms with Crippen LogP contribution in [0.25, 0.3) is 0 Å². The van der Waals surface area contributed by atoms with Crippen LogP contribution >= 0.6 is 0 Å². The van der Waals surface area contributed by atoms with Gasteiger partial charge >= 0.3 is 0 Å². The summed E-state index contributed by atoms with van der Waals surface area (Å²) in [7, 11) is -1.87. The Morgan fingerprint density at radius 2 is 1.84 bits per heavy atom. The molecular formula is C13H17N3O2S. The Labute approximate surface area is 113 Å². The summed E-state index contributed by atoms with van der Waals surface area (Å²) in [4.78, 5) is 4.03. The minimum atomic E-state index is -3.63. The summed E-state index contributed by atoms with van der Waals surface area (Å²) >= 11 is 0. The van der Waals surface area contributed by atoms with Crippen molar-refractivity contribution in [2.75, 3.05) is 4.72 Å². The molecule has 0 spiro atoms. The maximum Gasteiger partial charge on any atom is 0.280 e. The molecule has 2 rings (SSSR count). The number of aryl methyl sites for hydroxylation is 4. The van der Waals surface area contributed by atoms with Gasteiger partial charge in [-0.25, -0.2) is 4.98 Å². The zero-order valence-corrected chi connectivity index (χ0v) is 12.2. The van der Waals surface area contributed by atoms with Gasteiger partial charge in [-0.1, -0.05) is 6.07 Å². The fourth-order valence-electron chi connectivity index (χ4n) is 1.67. The Kier molecular flexibility index (Phi) is 3.36. The van der Waals surface area contributed by atoms with Crippen LogP contribution < -0.4 is 4.72 Å². The number of hydrogen-bond donors (Lipinski definition) is 1. The zero-order valence-electron chi connectivity index (χ0n) is 11.4. The third-order valence-corrected chi connectivity index (χ3v) is 4.37. The molecule has 0 aliphatic carbocycles. The smallest absolute Gasteiger partial charge is 0.280 e. The van der Waals surface area contributed by atoms with Crippen molar-refractivity contribution in [1.82, 2.24) is 9.55 Å². The zero-order chi connectivity index (χ0) is 14.2. The fourth-order valence-corrected chi connectivity index (χ4v) is 2.76. The SMILES string of the molecule is Cc1ccc(NS(=O)(=O)c2cn(C)c(C)n2)cc1C. The van der Waals surface area contributed by atoms with Gasteiger partial charge in [-0.15, -0.1) is 0 Å². The quantitative estimate of drug-likeness (QED) is 0.936. The standard InChI is InChI=1S/C13H17N3O2S/c1-9-5-6-12(7-10(9)2)15-19(17,18)13-8-16(4)11(3)14-13/h5-8,15H,1-4H3. The second-order valence-corrected chi connectivity index (χ2v) is 6.27. The summed E-state index contributed by atoms with van der Waals surface area (Å²) in [6, 6.07) is 5.44. The molecule has 0 bridgehead atoms. The van der Waals surface area contributed by atoms with Crippen molar-refractivity contribution in [3.05, 3.63) is 41.3 Å². The van der Waals surface area contributed by atoms with Gasteiger partial charge in [0.1, 0.15) is 5.82 Å². The molecular weight excluding hydrogens is 262 g/mol. The average molecular weight is 279 g/mol. The highest BCUT2D eigenvalue weighted by molar-refractivity contribution is 7.92. The molecule has 5 nitrogen and oxygen atoms in total. The molecule has 0 saturated carbocycles. The number of anilines is 1. The molecule has 0 aliphatic heterocycles. The lowest BCUT2D eigenvalue weighted by Gasteiger charge is -2.07. The molecule has 19 heavy (non-hydrogen) atoms. The summed E-state index contributed by atoms with van der Waals surface area (Å²) in [5.41, 5.74) is 2.71. The number of benzene rings is 1. The predicted molar refractivity (Wildman–Crippen MR) is 74.7 cm³/mol. The third-order valence-electron chi connectivity index (χ3n) is 3.12. The summed E-state index contributed by atoms with van der Waals surface area (Å²) in [5, 5.41) is 0.0331. The van der Waals surface area contributed by atoms with E-state index < -0.39 is 10.0 Å². The minimum absolute atomic E-state index is 0.0331. The second-order valence-electron chi connectivity index (χ2n) is 4.64. The van der Waals surface area contributed by atoms with Gasteiger partial charge in [-0.3, -0.25) is 4.72 Å². The lowest BCUT2D eigenvalue weighted by atomic mass is 10.1. The van der Waals surface area contributed by atoms with Crippen LogP contribution in [0, 0.1) is 20.8 Å². The number of rotatable bonds is 3. The Bertz CT molecular complexity index is 698. The molecule has 102 valence electrons. The number of nitrogens with zero attached hydrogens (tertiary/aromatic N) is 2. The first-order chi connectivity index (χ1) is 8.79. The van der Waals surface area contributed by atoms with E-state index in [9.17, 15) is 8.42 Å². The van der Waals surface area contributed by atoms with E-state index in [4.69, 9.17) is 0 Å². The van der Waals surface area contributed by atoms with Crippen LogP contribution in [0.2, 0.25) is 0 Å². The molecule has 0 unspecified atom stereocenters. The van der Waals surface area contributed by atoms with Gasteiger partial charge in [-0.2, -0.15) is 8.42 Å². The molecule has 0 amide bonds. The van der Waals surface area contributed by atoms with Gasteiger partial charge in [-0.05, 0) is 44.0 Å². The van der Waals surface area contributed by atoms with Crippen molar-refractivity contribution in [3.8, 4) is 0 Å². The first kappa shape index (κ1) is 13.6. The third kappa shape index (κ3) is 2.78. The maximum atomic E-state index is 12.2. The molecule has 0 radical (unpaired) electrons. The molecule has 0 fully saturated rings. The molecule has 1 aromatic carbocycles. The molecule has 0 aliphatic rings. The van der Waals surface area contributed by atoms with Crippen molar-refractivity contribution in [1.29, 1.82) is 0 Å². The molecule has 1 aromatic heterocycles. The largest absolute Gasteiger partial charge is 0.337 e. The van der Waals surface area contributed by atoms with E-state index in [1.165, 1.54) is 6.20 Å². The van der Waals surface area contributed by atoms with Crippen LogP contribution in [0.5, 0.6) is 0 Å². The van der Waals surface area contributed by atoms with E-state index in [0.29, 0.717) is 11.5 Å². The van der Waals surface area contributed by atoms with Crippen LogP contribution in [0.3, 0.4) is 0 Å². The summed E-state index contributed by atoms with van der Waals surface area (Å²) in [6.07, 6.45) is 1.50. The predicted octanol–water partition coefficient (Wildman–Crippen LogP) is 2.15. The van der Waals surface area contributed by atoms with Gasteiger partial charge in [0.05, 0.1) is 0 Å². The fraction of sp³-hybridized carbons (Fsp3) is 0.308. The van der Waals surface area contributed by atoms with Gasteiger partial charge in [0.2, 0.25) is 0 Å². The van der Waals surface area contributed by atoms with Gasteiger partial charge in [0, 0.05) is 18.9 Å². The highest BCUT2D eigenvalue weighted by Crippen LogP contribution is 2.18. The molecule has 6 heteroatoms. The normalized spacial score (nSPS) is 11.6. The van der Waals surface area contributed by atoms with Crippen LogP contribution in [0.4, 0.5) is 5.69 Å². The Balaban J connectivity index is 2.33. The molecule has 0 saturated heterocycles. The van der Waals surface area contributed by atoms with Crippen molar-refractivity contribution in [2.24, 2.45) is 7.05 Å². The summed E-state index contributed by atoms with van der Waals surface area (Å²) < 4.78 is 28.6. The van der Waals surface area contributed by atoms with Crippen LogP contribution in [-0.2, 0) is 17.1 Å². The molecule has 0 atom stereocenters. The molecule has 1 N–H and O–H groups in total. The van der Waals surface area contributed by atoms with Crippen molar-refractivity contribution in [3.63, 3.8) is 0 Å². The summed E-state index contributed by atoms with van der Waals surface area (Å²) in [5.74, 6) is 0.653. The monoisotopic (exact) mass is 279 g/mol. The van der Waals surface area contributed by atoms with Crippen LogP contribution in [0.1, 0.15) is 17.0 Å². The Hall–Kier alpha value is -1.82. The Morgan fingerprint density at radius 3 is 2.37 bits per heavy atom. The van der Waals surface area contributed by atoms with Crippen molar-refractivity contribution < 1.29 is 8.42 Å². The lowest BCUT2D eigenvalue weighted by Crippen LogP contribution is -2.13. The Morgan fingerprint density at radius 1 is 1.16 bits per heavy atom. The number of sulfonamides is 1. The van der Waals surface area contributed by atoms with E-state index in [2.05, 4.69) is 9.71 Å². The maximum absolute atomic E-state index is 12.2. The first-order valence-corrected chi connectivity index (χ1v) is 7.38. The van der Waals surface area contributed by atoms with Gasteiger partial charge in [0.15, 0.2) is 5.03 Å². The van der Waals surface area contributed by atoms with Crippen LogP contribution in [-0.4, -0.2) is 18.0 Å². The van der Waals surface area contributed by atoms with Crippen molar-refractivity contribution in [2.45, 2.75) is 25.8 Å². The van der Waals surface area contributed by atoms with E-state index in [-0.39, 0.29) is 5.03 Å². The number of aromatic nitrogens is 2. The minimum Gasteiger partial charge on any atom is -0.337 e. The van der Waals surface area contributed by atoms with Crippen molar-refractivity contribution >= 4 is 15.7 Å². The van der Waals surface area contributed by atoms with E-state index in [1.807, 2.05) is 26.0 Å². The summed E-state index contributed by atoms with van der Waals surface area (Å²) in [6.45, 7) is 5.68. The number of hydrogen-bond acceptors (Lipinski definition) is 3. The topological polar surface area (TPSA) is 64.0 Å². The first-order valence-electron chi connectivity index (χ1n) is 5.89. The van der Waals surface area contributed by atoms with Gasteiger partial charge in [0.25, 0.3) is 10.0 Å². The highest BCUT2D eigenvalue weighted by atomic mass is 32.2. The molecule has 1 heterocycles. The van der Waals surface area contributed by atoms with Crippen LogP contribution in [0.15, 0.2) is 29.4 Å². The highest BCUT2D eigenvalue weighted by Gasteiger charge is 2.18. The van der Waals surface area contributed by atoms with E-state index >= 15 is 0 Å². The van der Waals surface area contributed by atoms with E-state index in [0.717, 1.165) is 11.1 Å². The van der Waals surface area contributed by atoms with E-state index in [1.54, 1.807) is 24.6 Å². The number of imidazole rings is 1. The average Bonchev–Trinajstić information content (AvgIpc) is 2.65. The lowest BCUT2D eigenvalue weighted by molar-refractivity contribution is 0.598. The second kappa shape index (κ2) is 4.70. The van der Waals surface area contributed by atoms with Gasteiger partial charge < -0.3 is 4.57 Å². The molecule has 2 aromatic rings.